The van der Waals surface area contributed by atoms with Crippen LogP contribution in [0.15, 0.2) is 6.07 Å². The predicted molar refractivity (Wildman–Crippen MR) is 70.8 cm³/mol. The molecular weight excluding hydrogens is 228 g/mol. The van der Waals surface area contributed by atoms with E-state index in [9.17, 15) is 9.90 Å². The van der Waals surface area contributed by atoms with Gasteiger partial charge in [0.1, 0.15) is 0 Å². The van der Waals surface area contributed by atoms with Crippen LogP contribution in [0.3, 0.4) is 0 Å². The zero-order valence-corrected chi connectivity index (χ0v) is 11.4. The maximum atomic E-state index is 12.1. The topological polar surface area (TPSA) is 56.3 Å². The van der Waals surface area contributed by atoms with Crippen LogP contribution >= 0.6 is 0 Å². The first-order valence-electron chi connectivity index (χ1n) is 6.51. The highest BCUT2D eigenvalue weighted by atomic mass is 16.3. The lowest BCUT2D eigenvalue weighted by molar-refractivity contribution is 0.0286. The van der Waals surface area contributed by atoms with Gasteiger partial charge in [-0.25, -0.2) is 0 Å². The van der Waals surface area contributed by atoms with Gasteiger partial charge >= 0.3 is 0 Å². The van der Waals surface area contributed by atoms with Gasteiger partial charge in [0.2, 0.25) is 0 Å². The summed E-state index contributed by atoms with van der Waals surface area (Å²) in [7, 11) is 1.97. The molecule has 0 aromatic carbocycles. The van der Waals surface area contributed by atoms with Crippen molar-refractivity contribution in [3.63, 3.8) is 0 Å². The molecule has 18 heavy (non-hydrogen) atoms. The van der Waals surface area contributed by atoms with Crippen LogP contribution in [0.4, 0.5) is 0 Å². The Hall–Kier alpha value is -1.13. The van der Waals surface area contributed by atoms with Crippen LogP contribution in [0.5, 0.6) is 0 Å². The molecule has 1 aliphatic carbocycles. The quantitative estimate of drug-likeness (QED) is 0.779. The minimum Gasteiger partial charge on any atom is -0.393 e. The number of aryl methyl sites for hydroxylation is 2. The van der Waals surface area contributed by atoms with Gasteiger partial charge in [-0.15, -0.1) is 0 Å². The lowest BCUT2D eigenvalue weighted by Crippen LogP contribution is -2.38. The third-order valence-electron chi connectivity index (χ3n) is 3.64. The Labute approximate surface area is 108 Å². The fourth-order valence-electron chi connectivity index (χ4n) is 2.70. The minimum absolute atomic E-state index is 0.117. The van der Waals surface area contributed by atoms with Gasteiger partial charge in [0.25, 0.3) is 0 Å². The summed E-state index contributed by atoms with van der Waals surface area (Å²) in [5, 5.41) is 9.24. The van der Waals surface area contributed by atoms with Gasteiger partial charge in [0.05, 0.1) is 12.6 Å². The summed E-state index contributed by atoms with van der Waals surface area (Å²) in [5.41, 5.74) is 2.78. The molecule has 1 fully saturated rings. The fraction of sp³-hybridized carbons (Fsp3) is 0.643. The van der Waals surface area contributed by atoms with Gasteiger partial charge in [0, 0.05) is 23.5 Å². The molecule has 2 N–H and O–H groups in total. The number of aliphatic hydroxyl groups excluding tert-OH is 1. The highest BCUT2D eigenvalue weighted by molar-refractivity contribution is 5.98. The summed E-state index contributed by atoms with van der Waals surface area (Å²) in [4.78, 5) is 17.3. The molecule has 100 valence electrons. The van der Waals surface area contributed by atoms with Gasteiger partial charge in [-0.05, 0) is 45.7 Å². The van der Waals surface area contributed by atoms with E-state index in [0.29, 0.717) is 12.5 Å². The van der Waals surface area contributed by atoms with E-state index in [0.717, 1.165) is 36.3 Å². The van der Waals surface area contributed by atoms with Crippen molar-refractivity contribution < 1.29 is 9.90 Å². The van der Waals surface area contributed by atoms with E-state index >= 15 is 0 Å². The largest absolute Gasteiger partial charge is 0.393 e. The number of likely N-dealkylation sites (N-methyl/N-ethyl adjacent to an activating group) is 1. The third kappa shape index (κ3) is 3.00. The lowest BCUT2D eigenvalue weighted by atomic mass is 9.82. The maximum absolute atomic E-state index is 12.1. The Morgan fingerprint density at radius 3 is 2.67 bits per heavy atom. The molecule has 0 aliphatic heterocycles. The van der Waals surface area contributed by atoms with E-state index in [1.807, 2.05) is 27.0 Å². The smallest absolute Gasteiger partial charge is 0.178 e. The first kappa shape index (κ1) is 13.3. The molecule has 1 aromatic rings. The first-order valence-corrected chi connectivity index (χ1v) is 6.51. The number of hydrogen-bond donors (Lipinski definition) is 2. The summed E-state index contributed by atoms with van der Waals surface area (Å²) >= 11 is 0. The maximum Gasteiger partial charge on any atom is 0.178 e. The SMILES string of the molecule is Cc1cc(C(=O)CN(C)CC2CC(O)C2)c(C)[nH]1. The second kappa shape index (κ2) is 5.24. The van der Waals surface area contributed by atoms with Crippen LogP contribution in [0.25, 0.3) is 0 Å². The average molecular weight is 250 g/mol. The number of aliphatic hydroxyl groups is 1. The molecule has 1 aromatic heterocycles. The number of Topliss-reactive ketones (excluding diaryl/α,β-unsaturated/α-hetero) is 1. The molecule has 4 heteroatoms. The number of nitrogens with zero attached hydrogens (tertiary/aromatic N) is 1. The van der Waals surface area contributed by atoms with E-state index < -0.39 is 0 Å². The molecule has 0 spiro atoms. The zero-order chi connectivity index (χ0) is 13.3. The van der Waals surface area contributed by atoms with Crippen molar-refractivity contribution in [3.05, 3.63) is 23.0 Å². The molecule has 0 amide bonds. The Balaban J connectivity index is 1.85. The first-order chi connectivity index (χ1) is 8.45. The molecule has 0 radical (unpaired) electrons. The van der Waals surface area contributed by atoms with E-state index in [-0.39, 0.29) is 11.9 Å². The van der Waals surface area contributed by atoms with Crippen molar-refractivity contribution in [1.29, 1.82) is 0 Å². The van der Waals surface area contributed by atoms with Crippen LogP contribution in [0.2, 0.25) is 0 Å². The Morgan fingerprint density at radius 1 is 1.50 bits per heavy atom. The normalized spacial score (nSPS) is 23.2. The van der Waals surface area contributed by atoms with Crippen LogP contribution in [0, 0.1) is 19.8 Å². The number of carbonyl (C=O) groups excluding carboxylic acids is 1. The molecule has 1 saturated carbocycles. The Morgan fingerprint density at radius 2 is 2.17 bits per heavy atom. The van der Waals surface area contributed by atoms with Gasteiger partial charge in [-0.2, -0.15) is 0 Å². The standard InChI is InChI=1S/C14H22N2O2/c1-9-4-13(10(2)15-9)14(18)8-16(3)7-11-5-12(17)6-11/h4,11-12,15,17H,5-8H2,1-3H3. The van der Waals surface area contributed by atoms with E-state index in [1.54, 1.807) is 0 Å². The summed E-state index contributed by atoms with van der Waals surface area (Å²) in [5.74, 6) is 0.714. The summed E-state index contributed by atoms with van der Waals surface area (Å²) in [6.07, 6.45) is 1.63. The van der Waals surface area contributed by atoms with E-state index in [2.05, 4.69) is 9.88 Å². The van der Waals surface area contributed by atoms with Crippen LogP contribution in [-0.4, -0.2) is 47.0 Å². The minimum atomic E-state index is -0.117. The van der Waals surface area contributed by atoms with Crippen molar-refractivity contribution in [2.75, 3.05) is 20.1 Å². The van der Waals surface area contributed by atoms with Crippen molar-refractivity contribution >= 4 is 5.78 Å². The fourth-order valence-corrected chi connectivity index (χ4v) is 2.70. The Kier molecular flexibility index (Phi) is 3.88. The number of aromatic amines is 1. The van der Waals surface area contributed by atoms with Crippen LogP contribution in [-0.2, 0) is 0 Å². The number of nitrogens with one attached hydrogen (secondary N) is 1. The number of rotatable bonds is 5. The molecule has 0 atom stereocenters. The molecule has 0 unspecified atom stereocenters. The van der Waals surface area contributed by atoms with E-state index in [1.165, 1.54) is 0 Å². The third-order valence-corrected chi connectivity index (χ3v) is 3.64. The van der Waals surface area contributed by atoms with Crippen LogP contribution in [0.1, 0.15) is 34.6 Å². The zero-order valence-electron chi connectivity index (χ0n) is 11.4. The molecule has 4 nitrogen and oxygen atoms in total. The van der Waals surface area contributed by atoms with E-state index in [4.69, 9.17) is 0 Å². The molecular formula is C14H22N2O2. The molecule has 1 heterocycles. The highest BCUT2D eigenvalue weighted by Crippen LogP contribution is 2.27. The monoisotopic (exact) mass is 250 g/mol. The predicted octanol–water partition coefficient (Wildman–Crippen LogP) is 1.52. The average Bonchev–Trinajstić information content (AvgIpc) is 2.55. The van der Waals surface area contributed by atoms with Gasteiger partial charge in [-0.3, -0.25) is 9.69 Å². The molecule has 0 bridgehead atoms. The summed E-state index contributed by atoms with van der Waals surface area (Å²) in [6.45, 7) is 5.24. The van der Waals surface area contributed by atoms with Gasteiger partial charge < -0.3 is 10.1 Å². The number of aromatic nitrogens is 1. The highest BCUT2D eigenvalue weighted by Gasteiger charge is 2.28. The Bertz CT molecular complexity index is 433. The van der Waals surface area contributed by atoms with Crippen molar-refractivity contribution in [2.45, 2.75) is 32.8 Å². The van der Waals surface area contributed by atoms with Crippen molar-refractivity contribution in [3.8, 4) is 0 Å². The number of H-pyrrole nitrogens is 1. The van der Waals surface area contributed by atoms with Gasteiger partial charge in [-0.1, -0.05) is 0 Å². The van der Waals surface area contributed by atoms with Crippen molar-refractivity contribution in [1.82, 2.24) is 9.88 Å². The lowest BCUT2D eigenvalue weighted by Gasteiger charge is -2.34. The molecule has 0 saturated heterocycles. The second-order valence-electron chi connectivity index (χ2n) is 5.60. The summed E-state index contributed by atoms with van der Waals surface area (Å²) in [6, 6.07) is 1.92. The van der Waals surface area contributed by atoms with Gasteiger partial charge in [0.15, 0.2) is 5.78 Å². The van der Waals surface area contributed by atoms with Crippen molar-refractivity contribution in [2.24, 2.45) is 5.92 Å². The summed E-state index contributed by atoms with van der Waals surface area (Å²) < 4.78 is 0. The molecule has 1 aliphatic rings. The molecule has 2 rings (SSSR count). The number of ketones is 1. The number of hydrogen-bond acceptors (Lipinski definition) is 3. The second-order valence-corrected chi connectivity index (χ2v) is 5.60. The van der Waals surface area contributed by atoms with Crippen LogP contribution < -0.4 is 0 Å². The number of carbonyl (C=O) groups is 1.